The lowest BCUT2D eigenvalue weighted by molar-refractivity contribution is -0.0835. The minimum absolute atomic E-state index is 0.0457. The Morgan fingerprint density at radius 3 is 2.39 bits per heavy atom. The van der Waals surface area contributed by atoms with Crippen molar-refractivity contribution < 1.29 is 9.50 Å². The van der Waals surface area contributed by atoms with Crippen LogP contribution in [0.1, 0.15) is 25.0 Å². The monoisotopic (exact) mass is 271 g/mol. The highest BCUT2D eigenvalue weighted by molar-refractivity contribution is 6.30. The second-order valence-electron chi connectivity index (χ2n) is 5.37. The molecule has 1 unspecified atom stereocenters. The van der Waals surface area contributed by atoms with Crippen LogP contribution < -0.4 is 5.32 Å². The van der Waals surface area contributed by atoms with E-state index in [0.717, 1.165) is 0 Å². The minimum atomic E-state index is -1.13. The molecule has 1 aromatic rings. The number of aryl methyl sites for hydroxylation is 1. The standard InChI is InChI=1S/C14H19ClFNO/c1-8-4-11(15)5-12(16)13(8)14(18)9(2)6-17-7-10(14)3/h4-5,9-10,17-18H,6-7H2,1-3H3/t9-,10+,14?. The van der Waals surface area contributed by atoms with Gasteiger partial charge in [0.15, 0.2) is 0 Å². The molecule has 0 spiro atoms. The van der Waals surface area contributed by atoms with Crippen LogP contribution in [0.2, 0.25) is 5.02 Å². The largest absolute Gasteiger partial charge is 0.384 e. The molecule has 0 bridgehead atoms. The molecule has 1 fully saturated rings. The molecule has 2 rings (SSSR count). The lowest BCUT2D eigenvalue weighted by atomic mass is 9.70. The van der Waals surface area contributed by atoms with Crippen molar-refractivity contribution in [2.45, 2.75) is 26.4 Å². The molecule has 3 atom stereocenters. The zero-order valence-corrected chi connectivity index (χ0v) is 11.7. The van der Waals surface area contributed by atoms with Crippen molar-refractivity contribution in [3.8, 4) is 0 Å². The Morgan fingerprint density at radius 1 is 1.33 bits per heavy atom. The van der Waals surface area contributed by atoms with Gasteiger partial charge in [-0.15, -0.1) is 0 Å². The second-order valence-corrected chi connectivity index (χ2v) is 5.80. The smallest absolute Gasteiger partial charge is 0.131 e. The predicted octanol–water partition coefficient (Wildman–Crippen LogP) is 2.85. The van der Waals surface area contributed by atoms with E-state index in [9.17, 15) is 9.50 Å². The minimum Gasteiger partial charge on any atom is -0.384 e. The molecule has 2 N–H and O–H groups in total. The summed E-state index contributed by atoms with van der Waals surface area (Å²) in [6.07, 6.45) is 0. The first-order valence-corrected chi connectivity index (χ1v) is 6.64. The highest BCUT2D eigenvalue weighted by atomic mass is 35.5. The Labute approximate surface area is 112 Å². The Bertz CT molecular complexity index is 430. The van der Waals surface area contributed by atoms with Crippen molar-refractivity contribution in [2.24, 2.45) is 11.8 Å². The van der Waals surface area contributed by atoms with Crippen LogP contribution in [0, 0.1) is 24.6 Å². The van der Waals surface area contributed by atoms with Gasteiger partial charge in [0.05, 0.1) is 0 Å². The molecule has 4 heteroatoms. The van der Waals surface area contributed by atoms with Gasteiger partial charge in [0.25, 0.3) is 0 Å². The number of nitrogens with one attached hydrogen (secondary N) is 1. The average molecular weight is 272 g/mol. The SMILES string of the molecule is Cc1cc(Cl)cc(F)c1C1(O)[C@H](C)CNC[C@@H]1C. The molecular weight excluding hydrogens is 253 g/mol. The van der Waals surface area contributed by atoms with Crippen LogP contribution in [-0.2, 0) is 5.60 Å². The third-order valence-corrected chi connectivity index (χ3v) is 4.27. The van der Waals surface area contributed by atoms with Gasteiger partial charge in [-0.3, -0.25) is 0 Å². The molecule has 1 aromatic carbocycles. The Morgan fingerprint density at radius 2 is 1.89 bits per heavy atom. The number of rotatable bonds is 1. The molecule has 0 saturated carbocycles. The zero-order chi connectivity index (χ0) is 13.5. The van der Waals surface area contributed by atoms with E-state index in [1.807, 2.05) is 13.8 Å². The van der Waals surface area contributed by atoms with E-state index in [0.29, 0.717) is 29.2 Å². The van der Waals surface area contributed by atoms with E-state index < -0.39 is 11.4 Å². The molecule has 18 heavy (non-hydrogen) atoms. The normalized spacial score (nSPS) is 32.6. The number of aliphatic hydroxyl groups is 1. The van der Waals surface area contributed by atoms with Gasteiger partial charge in [-0.25, -0.2) is 4.39 Å². The maximum Gasteiger partial charge on any atom is 0.131 e. The zero-order valence-electron chi connectivity index (χ0n) is 10.9. The first-order chi connectivity index (χ1) is 8.37. The molecule has 1 heterocycles. The summed E-state index contributed by atoms with van der Waals surface area (Å²) in [6.45, 7) is 7.04. The summed E-state index contributed by atoms with van der Waals surface area (Å²) in [5.41, 5.74) is -0.0270. The van der Waals surface area contributed by atoms with Gasteiger partial charge in [-0.2, -0.15) is 0 Å². The Hall–Kier alpha value is -0.640. The maximum atomic E-state index is 14.2. The molecule has 1 aliphatic rings. The van der Waals surface area contributed by atoms with Crippen LogP contribution in [-0.4, -0.2) is 18.2 Å². The number of benzene rings is 1. The van der Waals surface area contributed by atoms with Gasteiger partial charge < -0.3 is 10.4 Å². The van der Waals surface area contributed by atoms with E-state index in [1.165, 1.54) is 6.07 Å². The summed E-state index contributed by atoms with van der Waals surface area (Å²) < 4.78 is 14.2. The highest BCUT2D eigenvalue weighted by Gasteiger charge is 2.45. The van der Waals surface area contributed by atoms with E-state index in [1.54, 1.807) is 13.0 Å². The summed E-state index contributed by atoms with van der Waals surface area (Å²) in [4.78, 5) is 0. The van der Waals surface area contributed by atoms with Gasteiger partial charge in [0, 0.05) is 35.5 Å². The fraction of sp³-hybridized carbons (Fsp3) is 0.571. The second kappa shape index (κ2) is 4.80. The van der Waals surface area contributed by atoms with Gasteiger partial charge >= 0.3 is 0 Å². The molecular formula is C14H19ClFNO. The van der Waals surface area contributed by atoms with Crippen LogP contribution in [0.4, 0.5) is 4.39 Å². The van der Waals surface area contributed by atoms with Crippen LogP contribution in [0.3, 0.4) is 0 Å². The van der Waals surface area contributed by atoms with Gasteiger partial charge in [-0.1, -0.05) is 25.4 Å². The van der Waals surface area contributed by atoms with Crippen LogP contribution in [0.25, 0.3) is 0 Å². The third kappa shape index (κ3) is 2.04. The molecule has 0 aliphatic carbocycles. The van der Waals surface area contributed by atoms with Crippen LogP contribution in [0.15, 0.2) is 12.1 Å². The first-order valence-electron chi connectivity index (χ1n) is 6.26. The van der Waals surface area contributed by atoms with Crippen molar-refractivity contribution in [2.75, 3.05) is 13.1 Å². The number of hydrogen-bond acceptors (Lipinski definition) is 2. The van der Waals surface area contributed by atoms with Crippen molar-refractivity contribution in [3.63, 3.8) is 0 Å². The van der Waals surface area contributed by atoms with Gasteiger partial charge in [0.2, 0.25) is 0 Å². The number of hydrogen-bond donors (Lipinski definition) is 2. The topological polar surface area (TPSA) is 32.3 Å². The van der Waals surface area contributed by atoms with Crippen molar-refractivity contribution in [1.29, 1.82) is 0 Å². The third-order valence-electron chi connectivity index (χ3n) is 4.06. The molecule has 1 aliphatic heterocycles. The van der Waals surface area contributed by atoms with E-state index in [2.05, 4.69) is 5.32 Å². The fourth-order valence-corrected chi connectivity index (χ4v) is 3.27. The van der Waals surface area contributed by atoms with Gasteiger partial charge in [-0.05, 0) is 24.6 Å². The molecule has 2 nitrogen and oxygen atoms in total. The maximum absolute atomic E-state index is 14.2. The number of halogens is 2. The summed E-state index contributed by atoms with van der Waals surface area (Å²) in [6, 6.07) is 2.99. The molecule has 0 radical (unpaired) electrons. The number of piperidine rings is 1. The summed E-state index contributed by atoms with van der Waals surface area (Å²) in [7, 11) is 0. The summed E-state index contributed by atoms with van der Waals surface area (Å²) >= 11 is 5.85. The molecule has 0 amide bonds. The Balaban J connectivity index is 2.58. The van der Waals surface area contributed by atoms with Gasteiger partial charge in [0.1, 0.15) is 11.4 Å². The van der Waals surface area contributed by atoms with E-state index >= 15 is 0 Å². The van der Waals surface area contributed by atoms with Crippen LogP contribution in [0.5, 0.6) is 0 Å². The van der Waals surface area contributed by atoms with E-state index in [4.69, 9.17) is 11.6 Å². The van der Waals surface area contributed by atoms with Crippen LogP contribution >= 0.6 is 11.6 Å². The fourth-order valence-electron chi connectivity index (χ4n) is 3.02. The quantitative estimate of drug-likeness (QED) is 0.823. The predicted molar refractivity (Wildman–Crippen MR) is 71.2 cm³/mol. The highest BCUT2D eigenvalue weighted by Crippen LogP contribution is 2.42. The first kappa shape index (κ1) is 13.8. The van der Waals surface area contributed by atoms with Crippen molar-refractivity contribution >= 4 is 11.6 Å². The summed E-state index contributed by atoms with van der Waals surface area (Å²) in [5.74, 6) is -0.505. The average Bonchev–Trinajstić information content (AvgIpc) is 2.24. The molecule has 1 saturated heterocycles. The molecule has 100 valence electrons. The van der Waals surface area contributed by atoms with Crippen molar-refractivity contribution in [1.82, 2.24) is 5.32 Å². The molecule has 0 aromatic heterocycles. The summed E-state index contributed by atoms with van der Waals surface area (Å²) in [5, 5.41) is 14.6. The van der Waals surface area contributed by atoms with Crippen molar-refractivity contribution in [3.05, 3.63) is 34.1 Å². The van der Waals surface area contributed by atoms with E-state index in [-0.39, 0.29) is 11.8 Å². The Kier molecular flexibility index (Phi) is 3.67. The lowest BCUT2D eigenvalue weighted by Gasteiger charge is -2.44. The lowest BCUT2D eigenvalue weighted by Crippen LogP contribution is -2.53.